The minimum atomic E-state index is -0.977. The Morgan fingerprint density at radius 1 is 1.28 bits per heavy atom. The van der Waals surface area contributed by atoms with Gasteiger partial charge in [-0.25, -0.2) is 0 Å². The van der Waals surface area contributed by atoms with Crippen LogP contribution in [-0.2, 0) is 9.59 Å². The summed E-state index contributed by atoms with van der Waals surface area (Å²) in [5, 5.41) is 20.9. The van der Waals surface area contributed by atoms with E-state index < -0.39 is 5.54 Å². The number of hydrogen-bond donors (Lipinski definition) is 3. The van der Waals surface area contributed by atoms with Gasteiger partial charge in [-0.05, 0) is 19.8 Å². The Hall–Kier alpha value is -1.14. The number of nitrogens with zero attached hydrogens (tertiary/aromatic N) is 1. The number of rotatable bonds is 4. The summed E-state index contributed by atoms with van der Waals surface area (Å²) in [6, 6.07) is 0. The second-order valence-electron chi connectivity index (χ2n) is 5.15. The molecule has 0 aromatic rings. The van der Waals surface area contributed by atoms with E-state index >= 15 is 0 Å². The summed E-state index contributed by atoms with van der Waals surface area (Å²) in [6.07, 6.45) is 1.25. The van der Waals surface area contributed by atoms with Gasteiger partial charge >= 0.3 is 0 Å². The van der Waals surface area contributed by atoms with Gasteiger partial charge in [0.05, 0.1) is 18.8 Å². The minimum absolute atomic E-state index is 0.0319. The van der Waals surface area contributed by atoms with Crippen molar-refractivity contribution in [2.75, 3.05) is 26.3 Å². The maximum atomic E-state index is 12.0. The Morgan fingerprint density at radius 3 is 2.17 bits per heavy atom. The third kappa shape index (κ3) is 3.68. The summed E-state index contributed by atoms with van der Waals surface area (Å²) in [6.45, 7) is 3.68. The molecule has 0 saturated carbocycles. The highest BCUT2D eigenvalue weighted by Crippen LogP contribution is 2.18. The van der Waals surface area contributed by atoms with Crippen LogP contribution in [0.2, 0.25) is 0 Å². The van der Waals surface area contributed by atoms with Crippen LogP contribution in [-0.4, -0.2) is 58.8 Å². The van der Waals surface area contributed by atoms with E-state index in [1.807, 2.05) is 0 Å². The molecule has 0 aromatic carbocycles. The summed E-state index contributed by atoms with van der Waals surface area (Å²) >= 11 is 0. The van der Waals surface area contributed by atoms with Gasteiger partial charge in [-0.2, -0.15) is 0 Å². The van der Waals surface area contributed by atoms with Crippen LogP contribution in [0.4, 0.5) is 0 Å². The molecule has 0 atom stereocenters. The van der Waals surface area contributed by atoms with E-state index in [0.717, 1.165) is 0 Å². The molecule has 0 aromatic heterocycles. The number of piperidine rings is 1. The standard InChI is InChI=1S/C12H22N2O4/c1-9(17)14-5-3-10(4-6-14)11(18)13-12(2,7-15)8-16/h10,15-16H,3-8H2,1-2H3,(H,13,18). The van der Waals surface area contributed by atoms with Gasteiger partial charge < -0.3 is 20.4 Å². The Labute approximate surface area is 107 Å². The SMILES string of the molecule is CC(=O)N1CCC(C(=O)NC(C)(CO)CO)CC1. The Bertz CT molecular complexity index is 307. The lowest BCUT2D eigenvalue weighted by molar-refractivity contribution is -0.135. The second-order valence-corrected chi connectivity index (χ2v) is 5.15. The first-order valence-corrected chi connectivity index (χ1v) is 6.21. The van der Waals surface area contributed by atoms with Crippen molar-refractivity contribution in [2.24, 2.45) is 5.92 Å². The highest BCUT2D eigenvalue weighted by atomic mass is 16.3. The largest absolute Gasteiger partial charge is 0.394 e. The minimum Gasteiger partial charge on any atom is -0.394 e. The molecule has 6 nitrogen and oxygen atoms in total. The highest BCUT2D eigenvalue weighted by Gasteiger charge is 2.31. The quantitative estimate of drug-likeness (QED) is 0.610. The molecule has 3 N–H and O–H groups in total. The van der Waals surface area contributed by atoms with Crippen LogP contribution in [0.1, 0.15) is 26.7 Å². The van der Waals surface area contributed by atoms with Crippen molar-refractivity contribution in [1.29, 1.82) is 0 Å². The van der Waals surface area contributed by atoms with E-state index in [4.69, 9.17) is 10.2 Å². The van der Waals surface area contributed by atoms with Crippen LogP contribution >= 0.6 is 0 Å². The predicted molar refractivity (Wildman–Crippen MR) is 65.7 cm³/mol. The van der Waals surface area contributed by atoms with Crippen molar-refractivity contribution in [3.63, 3.8) is 0 Å². The smallest absolute Gasteiger partial charge is 0.223 e. The number of carbonyl (C=O) groups excluding carboxylic acids is 2. The molecule has 18 heavy (non-hydrogen) atoms. The van der Waals surface area contributed by atoms with Gasteiger partial charge in [0.2, 0.25) is 11.8 Å². The molecule has 104 valence electrons. The normalized spacial score (nSPS) is 17.7. The highest BCUT2D eigenvalue weighted by molar-refractivity contribution is 5.80. The molecule has 0 bridgehead atoms. The summed E-state index contributed by atoms with van der Waals surface area (Å²) in [5.74, 6) is -0.286. The first kappa shape index (κ1) is 14.9. The first-order valence-electron chi connectivity index (χ1n) is 6.21. The van der Waals surface area contributed by atoms with Crippen LogP contribution in [0.3, 0.4) is 0 Å². The van der Waals surface area contributed by atoms with Gasteiger partial charge in [-0.3, -0.25) is 9.59 Å². The summed E-state index contributed by atoms with van der Waals surface area (Å²) in [4.78, 5) is 24.9. The fourth-order valence-electron chi connectivity index (χ4n) is 1.99. The van der Waals surface area contributed by atoms with Crippen molar-refractivity contribution in [2.45, 2.75) is 32.2 Å². The van der Waals surface area contributed by atoms with E-state index in [1.165, 1.54) is 6.92 Å². The molecule has 0 unspecified atom stereocenters. The molecule has 0 aliphatic carbocycles. The molecule has 1 heterocycles. The number of aliphatic hydroxyl groups excluding tert-OH is 2. The third-order valence-electron chi connectivity index (χ3n) is 3.43. The van der Waals surface area contributed by atoms with Gasteiger partial charge in [0.1, 0.15) is 0 Å². The fourth-order valence-corrected chi connectivity index (χ4v) is 1.99. The lowest BCUT2D eigenvalue weighted by Crippen LogP contribution is -2.54. The maximum Gasteiger partial charge on any atom is 0.223 e. The first-order chi connectivity index (χ1) is 8.41. The third-order valence-corrected chi connectivity index (χ3v) is 3.43. The van der Waals surface area contributed by atoms with Crippen molar-refractivity contribution in [1.82, 2.24) is 10.2 Å². The molecule has 1 rings (SSSR count). The molecular formula is C12H22N2O4. The predicted octanol–water partition coefficient (Wildman–Crippen LogP) is -0.896. The second kappa shape index (κ2) is 6.15. The molecule has 1 aliphatic rings. The Kier molecular flexibility index (Phi) is 5.10. The van der Waals surface area contributed by atoms with Crippen molar-refractivity contribution in [3.8, 4) is 0 Å². The van der Waals surface area contributed by atoms with Crippen LogP contribution in [0.15, 0.2) is 0 Å². The van der Waals surface area contributed by atoms with Gasteiger partial charge in [-0.1, -0.05) is 0 Å². The van der Waals surface area contributed by atoms with E-state index in [-0.39, 0.29) is 30.9 Å². The van der Waals surface area contributed by atoms with Crippen LogP contribution in [0.5, 0.6) is 0 Å². The van der Waals surface area contributed by atoms with E-state index in [1.54, 1.807) is 11.8 Å². The monoisotopic (exact) mass is 258 g/mol. The van der Waals surface area contributed by atoms with Crippen molar-refractivity contribution in [3.05, 3.63) is 0 Å². The number of aliphatic hydroxyl groups is 2. The number of likely N-dealkylation sites (tertiary alicyclic amines) is 1. The van der Waals surface area contributed by atoms with Gasteiger partial charge in [0, 0.05) is 25.9 Å². The zero-order valence-corrected chi connectivity index (χ0v) is 11.0. The van der Waals surface area contributed by atoms with E-state index in [2.05, 4.69) is 5.32 Å². The van der Waals surface area contributed by atoms with Crippen molar-refractivity contribution >= 4 is 11.8 Å². The maximum absolute atomic E-state index is 12.0. The molecular weight excluding hydrogens is 236 g/mol. The van der Waals surface area contributed by atoms with Crippen LogP contribution < -0.4 is 5.32 Å². The average Bonchev–Trinajstić information content (AvgIpc) is 2.38. The Balaban J connectivity index is 2.48. The molecule has 1 aliphatic heterocycles. The van der Waals surface area contributed by atoms with E-state index in [0.29, 0.717) is 25.9 Å². The van der Waals surface area contributed by atoms with Crippen LogP contribution in [0.25, 0.3) is 0 Å². The number of amides is 2. The van der Waals surface area contributed by atoms with Gasteiger partial charge in [-0.15, -0.1) is 0 Å². The molecule has 1 fully saturated rings. The number of carbonyl (C=O) groups is 2. The average molecular weight is 258 g/mol. The molecule has 0 radical (unpaired) electrons. The van der Waals surface area contributed by atoms with Gasteiger partial charge in [0.25, 0.3) is 0 Å². The molecule has 0 spiro atoms. The number of hydrogen-bond acceptors (Lipinski definition) is 4. The zero-order chi connectivity index (χ0) is 13.8. The molecule has 2 amide bonds. The molecule has 6 heteroatoms. The summed E-state index contributed by atoms with van der Waals surface area (Å²) < 4.78 is 0. The summed E-state index contributed by atoms with van der Waals surface area (Å²) in [5.41, 5.74) is -0.977. The molecule has 1 saturated heterocycles. The summed E-state index contributed by atoms with van der Waals surface area (Å²) in [7, 11) is 0. The van der Waals surface area contributed by atoms with E-state index in [9.17, 15) is 9.59 Å². The Morgan fingerprint density at radius 2 is 1.78 bits per heavy atom. The number of nitrogens with one attached hydrogen (secondary N) is 1. The van der Waals surface area contributed by atoms with Gasteiger partial charge in [0.15, 0.2) is 0 Å². The van der Waals surface area contributed by atoms with Crippen molar-refractivity contribution < 1.29 is 19.8 Å². The fraction of sp³-hybridized carbons (Fsp3) is 0.833. The lowest BCUT2D eigenvalue weighted by Gasteiger charge is -2.33. The zero-order valence-electron chi connectivity index (χ0n) is 11.0. The van der Waals surface area contributed by atoms with Crippen LogP contribution in [0, 0.1) is 5.92 Å². The lowest BCUT2D eigenvalue weighted by atomic mass is 9.94. The topological polar surface area (TPSA) is 89.9 Å².